The molecule has 0 fully saturated rings. The highest BCUT2D eigenvalue weighted by Gasteiger charge is 2.19. The normalized spacial score (nSPS) is 11.7. The number of nitrogens with two attached hydrogens (primary N) is 1. The molecular weight excluding hydrogens is 216 g/mol. The second-order valence-corrected chi connectivity index (χ2v) is 4.40. The van der Waals surface area contributed by atoms with Gasteiger partial charge in [-0.05, 0) is 25.0 Å². The molecular formula is C13H16N2O2. The summed E-state index contributed by atoms with van der Waals surface area (Å²) in [6.45, 7) is 4.05. The summed E-state index contributed by atoms with van der Waals surface area (Å²) in [5.41, 5.74) is 8.28. The van der Waals surface area contributed by atoms with Crippen LogP contribution in [0.1, 0.15) is 19.4 Å². The molecule has 4 heteroatoms. The average Bonchev–Trinajstić information content (AvgIpc) is 2.76. The molecule has 2 aromatic rings. The Morgan fingerprint density at radius 3 is 2.35 bits per heavy atom. The van der Waals surface area contributed by atoms with Crippen molar-refractivity contribution in [3.05, 3.63) is 36.0 Å². The van der Waals surface area contributed by atoms with Gasteiger partial charge in [0.05, 0.1) is 17.4 Å². The lowest BCUT2D eigenvalue weighted by atomic mass is 9.96. The number of nitrogen functional groups attached to an aromatic ring is 1. The quantitative estimate of drug-likeness (QED) is 0.883. The van der Waals surface area contributed by atoms with Crippen LogP contribution in [0, 0.1) is 0 Å². The highest BCUT2D eigenvalue weighted by atomic mass is 16.5. The van der Waals surface area contributed by atoms with E-state index in [-0.39, 0.29) is 5.60 Å². The molecule has 0 saturated carbocycles. The Labute approximate surface area is 100 Å². The molecule has 1 aromatic carbocycles. The lowest BCUT2D eigenvalue weighted by Gasteiger charge is -2.23. The fourth-order valence-corrected chi connectivity index (χ4v) is 1.63. The second-order valence-electron chi connectivity index (χ2n) is 4.40. The molecule has 0 aliphatic heterocycles. The van der Waals surface area contributed by atoms with Gasteiger partial charge in [0.2, 0.25) is 5.88 Å². The number of nitrogens with zero attached hydrogens (tertiary/aromatic N) is 1. The van der Waals surface area contributed by atoms with Gasteiger partial charge in [-0.15, -0.1) is 0 Å². The molecule has 0 bridgehead atoms. The fourth-order valence-electron chi connectivity index (χ4n) is 1.63. The Hall–Kier alpha value is -1.81. The smallest absolute Gasteiger partial charge is 0.229 e. The molecule has 2 rings (SSSR count). The van der Waals surface area contributed by atoms with E-state index in [0.717, 1.165) is 16.7 Å². The molecule has 0 aliphatic carbocycles. The first kappa shape index (κ1) is 11.7. The lowest BCUT2D eigenvalue weighted by molar-refractivity contribution is 0.0192. The predicted molar refractivity (Wildman–Crippen MR) is 66.4 cm³/mol. The van der Waals surface area contributed by atoms with Gasteiger partial charge in [-0.1, -0.05) is 29.4 Å². The van der Waals surface area contributed by atoms with E-state index in [4.69, 9.17) is 15.0 Å². The van der Waals surface area contributed by atoms with Crippen molar-refractivity contribution in [2.75, 3.05) is 12.8 Å². The van der Waals surface area contributed by atoms with Crippen LogP contribution in [-0.4, -0.2) is 12.3 Å². The van der Waals surface area contributed by atoms with Gasteiger partial charge in [-0.2, -0.15) is 0 Å². The second kappa shape index (κ2) is 4.22. The first-order valence-corrected chi connectivity index (χ1v) is 5.41. The highest BCUT2D eigenvalue weighted by Crippen LogP contribution is 2.29. The predicted octanol–water partition coefficient (Wildman–Crippen LogP) is 2.81. The molecule has 0 spiro atoms. The fraction of sp³-hybridized carbons (Fsp3) is 0.308. The molecule has 2 N–H and O–H groups in total. The molecule has 0 atom stereocenters. The van der Waals surface area contributed by atoms with Crippen molar-refractivity contribution in [1.29, 1.82) is 0 Å². The van der Waals surface area contributed by atoms with E-state index in [2.05, 4.69) is 5.16 Å². The molecule has 0 amide bonds. The number of hydrogen-bond acceptors (Lipinski definition) is 4. The Kier molecular flexibility index (Phi) is 2.90. The minimum Gasteiger partial charge on any atom is -0.374 e. The largest absolute Gasteiger partial charge is 0.374 e. The molecule has 0 aliphatic rings. The topological polar surface area (TPSA) is 61.3 Å². The van der Waals surface area contributed by atoms with Gasteiger partial charge in [0.1, 0.15) is 0 Å². The Morgan fingerprint density at radius 2 is 1.88 bits per heavy atom. The van der Waals surface area contributed by atoms with E-state index in [0.29, 0.717) is 5.88 Å². The SMILES string of the molecule is COC(C)(C)c1ccc(-c2cnoc2N)cc1. The van der Waals surface area contributed by atoms with Crippen molar-refractivity contribution in [3.8, 4) is 11.1 Å². The van der Waals surface area contributed by atoms with Crippen molar-refractivity contribution in [3.63, 3.8) is 0 Å². The van der Waals surface area contributed by atoms with E-state index < -0.39 is 0 Å². The van der Waals surface area contributed by atoms with Gasteiger partial charge in [0, 0.05) is 7.11 Å². The maximum atomic E-state index is 5.67. The summed E-state index contributed by atoms with van der Waals surface area (Å²) < 4.78 is 10.3. The molecule has 17 heavy (non-hydrogen) atoms. The number of hydrogen-bond donors (Lipinski definition) is 1. The third kappa shape index (κ3) is 2.17. The Balaban J connectivity index is 2.34. The van der Waals surface area contributed by atoms with Gasteiger partial charge in [0.15, 0.2) is 0 Å². The number of benzene rings is 1. The molecule has 0 radical (unpaired) electrons. The van der Waals surface area contributed by atoms with E-state index in [1.807, 2.05) is 38.1 Å². The third-order valence-electron chi connectivity index (χ3n) is 3.00. The molecule has 1 aromatic heterocycles. The first-order valence-electron chi connectivity index (χ1n) is 5.41. The average molecular weight is 232 g/mol. The van der Waals surface area contributed by atoms with Crippen LogP contribution in [0.4, 0.5) is 5.88 Å². The van der Waals surface area contributed by atoms with Gasteiger partial charge in [0.25, 0.3) is 0 Å². The van der Waals surface area contributed by atoms with Crippen LogP contribution in [0.5, 0.6) is 0 Å². The van der Waals surface area contributed by atoms with Gasteiger partial charge in [-0.25, -0.2) is 0 Å². The van der Waals surface area contributed by atoms with Crippen molar-refractivity contribution >= 4 is 5.88 Å². The molecule has 4 nitrogen and oxygen atoms in total. The monoisotopic (exact) mass is 232 g/mol. The molecule has 0 saturated heterocycles. The zero-order chi connectivity index (χ0) is 12.5. The zero-order valence-corrected chi connectivity index (χ0v) is 10.2. The van der Waals surface area contributed by atoms with Crippen LogP contribution in [-0.2, 0) is 10.3 Å². The van der Waals surface area contributed by atoms with Crippen LogP contribution in [0.2, 0.25) is 0 Å². The number of methoxy groups -OCH3 is 1. The first-order chi connectivity index (χ1) is 8.04. The summed E-state index contributed by atoms with van der Waals surface area (Å²) in [6, 6.07) is 8.01. The Morgan fingerprint density at radius 1 is 1.24 bits per heavy atom. The summed E-state index contributed by atoms with van der Waals surface area (Å²) in [5.74, 6) is 0.337. The zero-order valence-electron chi connectivity index (χ0n) is 10.2. The van der Waals surface area contributed by atoms with Crippen LogP contribution >= 0.6 is 0 Å². The number of anilines is 1. The van der Waals surface area contributed by atoms with Crippen LogP contribution in [0.15, 0.2) is 35.0 Å². The maximum absolute atomic E-state index is 5.67. The van der Waals surface area contributed by atoms with Gasteiger partial charge in [-0.3, -0.25) is 0 Å². The molecule has 90 valence electrons. The summed E-state index contributed by atoms with van der Waals surface area (Å²) in [5, 5.41) is 3.66. The van der Waals surface area contributed by atoms with E-state index in [1.165, 1.54) is 0 Å². The van der Waals surface area contributed by atoms with E-state index in [9.17, 15) is 0 Å². The number of rotatable bonds is 3. The van der Waals surface area contributed by atoms with Crippen LogP contribution < -0.4 is 5.73 Å². The summed E-state index contributed by atoms with van der Waals surface area (Å²) in [7, 11) is 1.70. The minimum atomic E-state index is -0.293. The lowest BCUT2D eigenvalue weighted by Crippen LogP contribution is -2.19. The highest BCUT2D eigenvalue weighted by molar-refractivity contribution is 5.71. The van der Waals surface area contributed by atoms with Crippen molar-refractivity contribution in [1.82, 2.24) is 5.16 Å². The number of aromatic nitrogens is 1. The summed E-state index contributed by atoms with van der Waals surface area (Å²) in [6.07, 6.45) is 1.62. The standard InChI is InChI=1S/C13H16N2O2/c1-13(2,16-3)10-6-4-9(5-7-10)11-8-15-17-12(11)14/h4-8H,14H2,1-3H3. The van der Waals surface area contributed by atoms with Crippen molar-refractivity contribution < 1.29 is 9.26 Å². The van der Waals surface area contributed by atoms with Gasteiger partial charge < -0.3 is 15.0 Å². The molecule has 0 unspecified atom stereocenters. The summed E-state index contributed by atoms with van der Waals surface area (Å²) in [4.78, 5) is 0. The third-order valence-corrected chi connectivity index (χ3v) is 3.00. The van der Waals surface area contributed by atoms with Crippen LogP contribution in [0.25, 0.3) is 11.1 Å². The Bertz CT molecular complexity index is 500. The van der Waals surface area contributed by atoms with Crippen LogP contribution in [0.3, 0.4) is 0 Å². The minimum absolute atomic E-state index is 0.293. The van der Waals surface area contributed by atoms with Crippen molar-refractivity contribution in [2.24, 2.45) is 0 Å². The van der Waals surface area contributed by atoms with E-state index in [1.54, 1.807) is 13.3 Å². The molecule has 1 heterocycles. The van der Waals surface area contributed by atoms with E-state index >= 15 is 0 Å². The maximum Gasteiger partial charge on any atom is 0.229 e. The van der Waals surface area contributed by atoms with Crippen molar-refractivity contribution in [2.45, 2.75) is 19.4 Å². The summed E-state index contributed by atoms with van der Waals surface area (Å²) >= 11 is 0. The number of ether oxygens (including phenoxy) is 1. The van der Waals surface area contributed by atoms with Gasteiger partial charge >= 0.3 is 0 Å².